The number of ether oxygens (including phenoxy) is 1. The summed E-state index contributed by atoms with van der Waals surface area (Å²) in [6.07, 6.45) is 0. The zero-order valence-corrected chi connectivity index (χ0v) is 15.1. The van der Waals surface area contributed by atoms with Crippen LogP contribution in [0.15, 0.2) is 72.8 Å². The van der Waals surface area contributed by atoms with Gasteiger partial charge in [-0.15, -0.1) is 0 Å². The number of nitriles is 1. The van der Waals surface area contributed by atoms with E-state index in [0.29, 0.717) is 5.56 Å². The van der Waals surface area contributed by atoms with Crippen LogP contribution >= 0.6 is 0 Å². The van der Waals surface area contributed by atoms with Crippen LogP contribution in [-0.4, -0.2) is 7.11 Å². The van der Waals surface area contributed by atoms with E-state index in [9.17, 15) is 0 Å². The van der Waals surface area contributed by atoms with Crippen molar-refractivity contribution in [2.45, 2.75) is 19.5 Å². The molecular formula is C23H22N2O. The molecule has 0 saturated carbocycles. The third kappa shape index (κ3) is 4.11. The molecule has 3 aromatic carbocycles. The van der Waals surface area contributed by atoms with Gasteiger partial charge in [0.2, 0.25) is 0 Å². The van der Waals surface area contributed by atoms with E-state index in [2.05, 4.69) is 54.7 Å². The molecule has 0 saturated heterocycles. The van der Waals surface area contributed by atoms with Crippen molar-refractivity contribution in [1.29, 1.82) is 5.26 Å². The average Bonchev–Trinajstić information content (AvgIpc) is 2.72. The molecule has 1 atom stereocenters. The van der Waals surface area contributed by atoms with Gasteiger partial charge in [0.25, 0.3) is 0 Å². The number of benzene rings is 3. The molecule has 0 aliphatic rings. The van der Waals surface area contributed by atoms with Gasteiger partial charge >= 0.3 is 0 Å². The van der Waals surface area contributed by atoms with Crippen LogP contribution in [-0.2, 0) is 6.54 Å². The van der Waals surface area contributed by atoms with Gasteiger partial charge < -0.3 is 10.1 Å². The van der Waals surface area contributed by atoms with Crippen molar-refractivity contribution in [2.75, 3.05) is 7.11 Å². The Kier molecular flexibility index (Phi) is 5.68. The average molecular weight is 342 g/mol. The standard InChI is InChI=1S/C23H22N2O/c1-17(20-8-4-3-5-9-20)25-16-19-11-12-23(26-2)22(14-19)21-10-6-7-18(13-21)15-24/h3-14,17,25H,16H2,1-2H3/t17-/m1/s1. The fourth-order valence-corrected chi connectivity index (χ4v) is 2.98. The van der Waals surface area contributed by atoms with Crippen LogP contribution in [0.5, 0.6) is 5.75 Å². The van der Waals surface area contributed by atoms with Gasteiger partial charge in [0.05, 0.1) is 18.7 Å². The van der Waals surface area contributed by atoms with Gasteiger partial charge in [-0.2, -0.15) is 5.26 Å². The van der Waals surface area contributed by atoms with E-state index in [4.69, 9.17) is 10.00 Å². The van der Waals surface area contributed by atoms with Crippen LogP contribution in [0.3, 0.4) is 0 Å². The molecule has 1 N–H and O–H groups in total. The molecule has 0 bridgehead atoms. The number of methoxy groups -OCH3 is 1. The maximum Gasteiger partial charge on any atom is 0.126 e. The number of nitrogens with zero attached hydrogens (tertiary/aromatic N) is 1. The van der Waals surface area contributed by atoms with Crippen molar-refractivity contribution >= 4 is 0 Å². The summed E-state index contributed by atoms with van der Waals surface area (Å²) in [6, 6.07) is 26.6. The third-order valence-corrected chi connectivity index (χ3v) is 4.48. The normalized spacial score (nSPS) is 11.6. The number of hydrogen-bond donors (Lipinski definition) is 1. The topological polar surface area (TPSA) is 45.0 Å². The Bertz CT molecular complexity index is 913. The Morgan fingerprint density at radius 1 is 1.00 bits per heavy atom. The van der Waals surface area contributed by atoms with Gasteiger partial charge in [0.1, 0.15) is 5.75 Å². The lowest BCUT2D eigenvalue weighted by Crippen LogP contribution is -2.18. The lowest BCUT2D eigenvalue weighted by atomic mass is 10.00. The molecule has 0 amide bonds. The molecule has 0 aliphatic carbocycles. The molecule has 3 heteroatoms. The number of rotatable bonds is 6. The summed E-state index contributed by atoms with van der Waals surface area (Å²) in [4.78, 5) is 0. The lowest BCUT2D eigenvalue weighted by molar-refractivity contribution is 0.416. The van der Waals surface area contributed by atoms with E-state index >= 15 is 0 Å². The first kappa shape index (κ1) is 17.7. The number of hydrogen-bond acceptors (Lipinski definition) is 3. The van der Waals surface area contributed by atoms with Crippen molar-refractivity contribution in [1.82, 2.24) is 5.32 Å². The van der Waals surface area contributed by atoms with E-state index < -0.39 is 0 Å². The summed E-state index contributed by atoms with van der Waals surface area (Å²) in [5, 5.41) is 12.7. The quantitative estimate of drug-likeness (QED) is 0.679. The minimum Gasteiger partial charge on any atom is -0.496 e. The first-order valence-electron chi connectivity index (χ1n) is 8.67. The highest BCUT2D eigenvalue weighted by atomic mass is 16.5. The van der Waals surface area contributed by atoms with Crippen molar-refractivity contribution in [3.05, 3.63) is 89.5 Å². The predicted molar refractivity (Wildman–Crippen MR) is 105 cm³/mol. The second kappa shape index (κ2) is 8.33. The Balaban J connectivity index is 1.82. The van der Waals surface area contributed by atoms with Crippen LogP contribution in [0.4, 0.5) is 0 Å². The van der Waals surface area contributed by atoms with E-state index in [1.165, 1.54) is 11.1 Å². The Hall–Kier alpha value is -3.09. The monoisotopic (exact) mass is 342 g/mol. The fourth-order valence-electron chi connectivity index (χ4n) is 2.98. The van der Waals surface area contributed by atoms with E-state index in [0.717, 1.165) is 23.4 Å². The minimum atomic E-state index is 0.267. The van der Waals surface area contributed by atoms with Gasteiger partial charge in [-0.05, 0) is 47.9 Å². The van der Waals surface area contributed by atoms with Crippen molar-refractivity contribution in [3.63, 3.8) is 0 Å². The molecular weight excluding hydrogens is 320 g/mol. The van der Waals surface area contributed by atoms with Gasteiger partial charge in [-0.3, -0.25) is 0 Å². The Labute approximate surface area is 154 Å². The third-order valence-electron chi connectivity index (χ3n) is 4.48. The summed E-state index contributed by atoms with van der Waals surface area (Å²) in [7, 11) is 1.67. The van der Waals surface area contributed by atoms with Gasteiger partial charge in [0, 0.05) is 18.2 Å². The van der Waals surface area contributed by atoms with Gasteiger partial charge in [-0.25, -0.2) is 0 Å². The molecule has 3 aromatic rings. The fraction of sp³-hybridized carbons (Fsp3) is 0.174. The smallest absolute Gasteiger partial charge is 0.126 e. The zero-order chi connectivity index (χ0) is 18.4. The molecule has 0 radical (unpaired) electrons. The maximum atomic E-state index is 9.15. The molecule has 3 nitrogen and oxygen atoms in total. The van der Waals surface area contributed by atoms with Crippen molar-refractivity contribution in [2.24, 2.45) is 0 Å². The van der Waals surface area contributed by atoms with Crippen LogP contribution in [0.25, 0.3) is 11.1 Å². The van der Waals surface area contributed by atoms with Crippen LogP contribution < -0.4 is 10.1 Å². The summed E-state index contributed by atoms with van der Waals surface area (Å²) < 4.78 is 5.52. The zero-order valence-electron chi connectivity index (χ0n) is 15.1. The molecule has 0 unspecified atom stereocenters. The summed E-state index contributed by atoms with van der Waals surface area (Å²) >= 11 is 0. The molecule has 3 rings (SSSR count). The van der Waals surface area contributed by atoms with Gasteiger partial charge in [0.15, 0.2) is 0 Å². The Morgan fingerprint density at radius 2 is 1.81 bits per heavy atom. The van der Waals surface area contributed by atoms with Crippen LogP contribution in [0.1, 0.15) is 29.7 Å². The van der Waals surface area contributed by atoms with Gasteiger partial charge in [-0.1, -0.05) is 48.5 Å². The second-order valence-corrected chi connectivity index (χ2v) is 6.24. The number of nitrogens with one attached hydrogen (secondary N) is 1. The van der Waals surface area contributed by atoms with Crippen LogP contribution in [0, 0.1) is 11.3 Å². The summed E-state index contributed by atoms with van der Waals surface area (Å²) in [5.74, 6) is 0.806. The largest absolute Gasteiger partial charge is 0.496 e. The van der Waals surface area contributed by atoms with E-state index in [1.807, 2.05) is 36.4 Å². The molecule has 0 spiro atoms. The maximum absolute atomic E-state index is 9.15. The highest BCUT2D eigenvalue weighted by Crippen LogP contribution is 2.31. The highest BCUT2D eigenvalue weighted by Gasteiger charge is 2.09. The molecule has 0 fully saturated rings. The van der Waals surface area contributed by atoms with E-state index in [-0.39, 0.29) is 6.04 Å². The minimum absolute atomic E-state index is 0.267. The SMILES string of the molecule is COc1ccc(CN[C@H](C)c2ccccc2)cc1-c1cccc(C#N)c1. The van der Waals surface area contributed by atoms with Crippen molar-refractivity contribution < 1.29 is 4.74 Å². The lowest BCUT2D eigenvalue weighted by Gasteiger charge is -2.16. The first-order chi connectivity index (χ1) is 12.7. The molecule has 0 aromatic heterocycles. The Morgan fingerprint density at radius 3 is 2.54 bits per heavy atom. The molecule has 26 heavy (non-hydrogen) atoms. The first-order valence-corrected chi connectivity index (χ1v) is 8.67. The molecule has 0 aliphatic heterocycles. The highest BCUT2D eigenvalue weighted by molar-refractivity contribution is 5.72. The van der Waals surface area contributed by atoms with Crippen LogP contribution in [0.2, 0.25) is 0 Å². The molecule has 130 valence electrons. The van der Waals surface area contributed by atoms with E-state index in [1.54, 1.807) is 7.11 Å². The predicted octanol–water partition coefficient (Wildman–Crippen LogP) is 5.08. The van der Waals surface area contributed by atoms with Crippen molar-refractivity contribution in [3.8, 4) is 22.9 Å². The summed E-state index contributed by atoms with van der Waals surface area (Å²) in [5.41, 5.74) is 5.06. The second-order valence-electron chi connectivity index (χ2n) is 6.24. The summed E-state index contributed by atoms with van der Waals surface area (Å²) in [6.45, 7) is 2.92. The molecule has 0 heterocycles.